The van der Waals surface area contributed by atoms with Crippen LogP contribution in [-0.2, 0) is 0 Å². The third-order valence-corrected chi connectivity index (χ3v) is 2.76. The SMILES string of the molecule is O=C(O)c1ccc2onc(-c3ccccc3)c2c1. The quantitative estimate of drug-likeness (QED) is 0.745. The number of carbonyl (C=O) groups is 1. The van der Waals surface area contributed by atoms with Crippen molar-refractivity contribution in [2.24, 2.45) is 0 Å². The minimum atomic E-state index is -0.961. The number of benzene rings is 2. The van der Waals surface area contributed by atoms with Crippen LogP contribution in [0.4, 0.5) is 0 Å². The Bertz CT molecular complexity index is 716. The van der Waals surface area contributed by atoms with Crippen molar-refractivity contribution in [1.29, 1.82) is 0 Å². The smallest absolute Gasteiger partial charge is 0.335 e. The van der Waals surface area contributed by atoms with Crippen molar-refractivity contribution < 1.29 is 14.4 Å². The van der Waals surface area contributed by atoms with Gasteiger partial charge in [-0.15, -0.1) is 0 Å². The van der Waals surface area contributed by atoms with Gasteiger partial charge < -0.3 is 9.63 Å². The zero-order valence-electron chi connectivity index (χ0n) is 9.33. The molecular weight excluding hydrogens is 230 g/mol. The van der Waals surface area contributed by atoms with Gasteiger partial charge in [-0.3, -0.25) is 0 Å². The number of carboxylic acid groups (broad SMARTS) is 1. The summed E-state index contributed by atoms with van der Waals surface area (Å²) in [5.74, 6) is -0.961. The van der Waals surface area contributed by atoms with Crippen LogP contribution in [0.5, 0.6) is 0 Å². The minimum Gasteiger partial charge on any atom is -0.478 e. The number of aromatic carboxylic acids is 1. The molecule has 0 fully saturated rings. The number of carboxylic acids is 1. The topological polar surface area (TPSA) is 63.3 Å². The Kier molecular flexibility index (Phi) is 2.34. The number of nitrogens with zero attached hydrogens (tertiary/aromatic N) is 1. The maximum absolute atomic E-state index is 11.0. The first-order chi connectivity index (χ1) is 8.75. The molecule has 0 amide bonds. The molecule has 0 spiro atoms. The molecule has 88 valence electrons. The van der Waals surface area contributed by atoms with Gasteiger partial charge in [0.15, 0.2) is 5.58 Å². The van der Waals surface area contributed by atoms with Gasteiger partial charge in [0, 0.05) is 5.56 Å². The Balaban J connectivity index is 2.24. The molecule has 4 nitrogen and oxygen atoms in total. The fraction of sp³-hybridized carbons (Fsp3) is 0. The van der Waals surface area contributed by atoms with Crippen LogP contribution < -0.4 is 0 Å². The van der Waals surface area contributed by atoms with Gasteiger partial charge in [-0.1, -0.05) is 35.5 Å². The molecule has 1 aromatic heterocycles. The monoisotopic (exact) mass is 239 g/mol. The number of aromatic nitrogens is 1. The second-order valence-electron chi connectivity index (χ2n) is 3.91. The van der Waals surface area contributed by atoms with E-state index in [0.717, 1.165) is 5.56 Å². The van der Waals surface area contributed by atoms with E-state index in [-0.39, 0.29) is 5.56 Å². The molecule has 2 aromatic carbocycles. The van der Waals surface area contributed by atoms with Gasteiger partial charge >= 0.3 is 5.97 Å². The van der Waals surface area contributed by atoms with Crippen LogP contribution in [0, 0.1) is 0 Å². The molecule has 1 heterocycles. The van der Waals surface area contributed by atoms with E-state index in [4.69, 9.17) is 9.63 Å². The summed E-state index contributed by atoms with van der Waals surface area (Å²) in [6.07, 6.45) is 0. The highest BCUT2D eigenvalue weighted by molar-refractivity contribution is 5.97. The molecule has 0 unspecified atom stereocenters. The fourth-order valence-corrected chi connectivity index (χ4v) is 1.88. The van der Waals surface area contributed by atoms with E-state index >= 15 is 0 Å². The van der Waals surface area contributed by atoms with Crippen molar-refractivity contribution >= 4 is 16.9 Å². The van der Waals surface area contributed by atoms with Gasteiger partial charge in [0.1, 0.15) is 5.69 Å². The van der Waals surface area contributed by atoms with Crippen LogP contribution in [0.25, 0.3) is 22.2 Å². The summed E-state index contributed by atoms with van der Waals surface area (Å²) >= 11 is 0. The summed E-state index contributed by atoms with van der Waals surface area (Å²) in [6.45, 7) is 0. The second-order valence-corrected chi connectivity index (χ2v) is 3.91. The van der Waals surface area contributed by atoms with Crippen molar-refractivity contribution in [3.05, 3.63) is 54.1 Å². The average molecular weight is 239 g/mol. The van der Waals surface area contributed by atoms with Gasteiger partial charge in [0.25, 0.3) is 0 Å². The average Bonchev–Trinajstić information content (AvgIpc) is 2.82. The molecule has 0 atom stereocenters. The van der Waals surface area contributed by atoms with E-state index in [9.17, 15) is 4.79 Å². The summed E-state index contributed by atoms with van der Waals surface area (Å²) in [6, 6.07) is 14.2. The number of hydrogen-bond acceptors (Lipinski definition) is 3. The van der Waals surface area contributed by atoms with E-state index < -0.39 is 5.97 Å². The maximum atomic E-state index is 11.0. The zero-order valence-corrected chi connectivity index (χ0v) is 9.33. The Labute approximate surface area is 102 Å². The Morgan fingerprint density at radius 3 is 2.61 bits per heavy atom. The van der Waals surface area contributed by atoms with Gasteiger partial charge in [0.2, 0.25) is 0 Å². The van der Waals surface area contributed by atoms with Crippen LogP contribution in [0.15, 0.2) is 53.1 Å². The molecule has 0 bridgehead atoms. The van der Waals surface area contributed by atoms with E-state index in [1.54, 1.807) is 12.1 Å². The predicted molar refractivity (Wildman–Crippen MR) is 66.4 cm³/mol. The standard InChI is InChI=1S/C14H9NO3/c16-14(17)10-6-7-12-11(8-10)13(15-18-12)9-4-2-1-3-5-9/h1-8H,(H,16,17). The summed E-state index contributed by atoms with van der Waals surface area (Å²) in [5, 5.41) is 13.7. The summed E-state index contributed by atoms with van der Waals surface area (Å²) < 4.78 is 5.20. The predicted octanol–water partition coefficient (Wildman–Crippen LogP) is 3.19. The third kappa shape index (κ3) is 1.64. The first kappa shape index (κ1) is 10.5. The minimum absolute atomic E-state index is 0.225. The van der Waals surface area contributed by atoms with Gasteiger partial charge in [-0.25, -0.2) is 4.79 Å². The van der Waals surface area contributed by atoms with Crippen LogP contribution in [0.3, 0.4) is 0 Å². The molecule has 1 N–H and O–H groups in total. The fourth-order valence-electron chi connectivity index (χ4n) is 1.88. The molecule has 0 saturated heterocycles. The Hall–Kier alpha value is -2.62. The molecule has 0 aliphatic heterocycles. The van der Waals surface area contributed by atoms with Gasteiger partial charge in [0.05, 0.1) is 10.9 Å². The van der Waals surface area contributed by atoms with Crippen molar-refractivity contribution in [2.75, 3.05) is 0 Å². The number of hydrogen-bond donors (Lipinski definition) is 1. The number of rotatable bonds is 2. The molecule has 4 heteroatoms. The maximum Gasteiger partial charge on any atom is 0.335 e. The van der Waals surface area contributed by atoms with E-state index in [2.05, 4.69) is 5.16 Å². The van der Waals surface area contributed by atoms with Crippen LogP contribution in [0.1, 0.15) is 10.4 Å². The second kappa shape index (κ2) is 4.00. The highest BCUT2D eigenvalue weighted by Gasteiger charge is 2.12. The lowest BCUT2D eigenvalue weighted by molar-refractivity contribution is 0.0697. The summed E-state index contributed by atoms with van der Waals surface area (Å²) in [5.41, 5.74) is 2.37. The zero-order chi connectivity index (χ0) is 12.5. The summed E-state index contributed by atoms with van der Waals surface area (Å²) in [4.78, 5) is 11.0. The normalized spacial score (nSPS) is 10.7. The largest absolute Gasteiger partial charge is 0.478 e. The highest BCUT2D eigenvalue weighted by atomic mass is 16.5. The van der Waals surface area contributed by atoms with Crippen molar-refractivity contribution in [3.63, 3.8) is 0 Å². The summed E-state index contributed by atoms with van der Waals surface area (Å²) in [7, 11) is 0. The van der Waals surface area contributed by atoms with E-state index in [0.29, 0.717) is 16.7 Å². The molecule has 0 saturated carbocycles. The lowest BCUT2D eigenvalue weighted by Crippen LogP contribution is -1.94. The van der Waals surface area contributed by atoms with Gasteiger partial charge in [-0.05, 0) is 18.2 Å². The first-order valence-corrected chi connectivity index (χ1v) is 5.44. The number of fused-ring (bicyclic) bond motifs is 1. The van der Waals surface area contributed by atoms with Crippen LogP contribution in [0.2, 0.25) is 0 Å². The van der Waals surface area contributed by atoms with Crippen molar-refractivity contribution in [2.45, 2.75) is 0 Å². The van der Waals surface area contributed by atoms with E-state index in [1.165, 1.54) is 6.07 Å². The first-order valence-electron chi connectivity index (χ1n) is 5.44. The lowest BCUT2D eigenvalue weighted by Gasteiger charge is -1.97. The van der Waals surface area contributed by atoms with Crippen molar-refractivity contribution in [1.82, 2.24) is 5.16 Å². The van der Waals surface area contributed by atoms with Gasteiger partial charge in [-0.2, -0.15) is 0 Å². The molecule has 18 heavy (non-hydrogen) atoms. The van der Waals surface area contributed by atoms with E-state index in [1.807, 2.05) is 30.3 Å². The molecule has 0 aliphatic rings. The lowest BCUT2D eigenvalue weighted by atomic mass is 10.1. The molecule has 0 radical (unpaired) electrons. The molecular formula is C14H9NO3. The van der Waals surface area contributed by atoms with Crippen LogP contribution >= 0.6 is 0 Å². The highest BCUT2D eigenvalue weighted by Crippen LogP contribution is 2.28. The van der Waals surface area contributed by atoms with Crippen molar-refractivity contribution in [3.8, 4) is 11.3 Å². The molecule has 0 aliphatic carbocycles. The molecule has 3 aromatic rings. The third-order valence-electron chi connectivity index (χ3n) is 2.76. The molecule has 3 rings (SSSR count). The van der Waals surface area contributed by atoms with Crippen LogP contribution in [-0.4, -0.2) is 16.2 Å². The Morgan fingerprint density at radius 2 is 1.89 bits per heavy atom. The Morgan fingerprint density at radius 1 is 1.11 bits per heavy atom.